The molecule has 3 aromatic carbocycles. The van der Waals surface area contributed by atoms with Crippen LogP contribution in [-0.4, -0.2) is 0 Å². The number of halogens is 1. The van der Waals surface area contributed by atoms with Gasteiger partial charge < -0.3 is 15.2 Å². The van der Waals surface area contributed by atoms with E-state index in [4.69, 9.17) is 26.8 Å². The third kappa shape index (κ3) is 3.47. The van der Waals surface area contributed by atoms with Crippen LogP contribution in [0.25, 0.3) is 0 Å². The van der Waals surface area contributed by atoms with Crippen molar-refractivity contribution in [2.75, 3.05) is 5.73 Å². The van der Waals surface area contributed by atoms with E-state index in [0.717, 1.165) is 22.6 Å². The van der Waals surface area contributed by atoms with Gasteiger partial charge in [-0.05, 0) is 43.2 Å². The van der Waals surface area contributed by atoms with Gasteiger partial charge in [-0.15, -0.1) is 0 Å². The van der Waals surface area contributed by atoms with Crippen molar-refractivity contribution in [3.8, 4) is 23.0 Å². The fraction of sp³-hybridized carbons (Fsp3) is 0.100. The summed E-state index contributed by atoms with van der Waals surface area (Å²) >= 11 is 6.28. The number of anilines is 1. The first-order valence-electron chi connectivity index (χ1n) is 7.60. The van der Waals surface area contributed by atoms with Gasteiger partial charge in [0, 0.05) is 6.07 Å². The zero-order chi connectivity index (χ0) is 17.1. The molecular weight excluding hydrogens is 322 g/mol. The zero-order valence-corrected chi connectivity index (χ0v) is 14.3. The molecule has 3 aromatic rings. The SMILES string of the molecule is Cc1ccccc1Oc1cc(Oc2ccccc2C)c(Cl)cc1N. The highest BCUT2D eigenvalue weighted by Gasteiger charge is 2.12. The summed E-state index contributed by atoms with van der Waals surface area (Å²) in [5.41, 5.74) is 8.55. The third-order valence-electron chi connectivity index (χ3n) is 3.69. The lowest BCUT2D eigenvalue weighted by atomic mass is 10.2. The van der Waals surface area contributed by atoms with Gasteiger partial charge in [0.1, 0.15) is 17.2 Å². The van der Waals surface area contributed by atoms with E-state index in [1.54, 1.807) is 12.1 Å². The molecule has 24 heavy (non-hydrogen) atoms. The molecule has 3 rings (SSSR count). The number of rotatable bonds is 4. The van der Waals surface area contributed by atoms with Gasteiger partial charge in [-0.3, -0.25) is 0 Å². The molecular formula is C20H18ClNO2. The Hall–Kier alpha value is -2.65. The van der Waals surface area contributed by atoms with Crippen molar-refractivity contribution in [1.29, 1.82) is 0 Å². The van der Waals surface area contributed by atoms with E-state index in [2.05, 4.69) is 0 Å². The van der Waals surface area contributed by atoms with Crippen LogP contribution in [0, 0.1) is 13.8 Å². The molecule has 4 heteroatoms. The second-order valence-corrected chi connectivity index (χ2v) is 5.96. The number of hydrogen-bond donors (Lipinski definition) is 1. The molecule has 0 fully saturated rings. The molecule has 0 unspecified atom stereocenters. The Labute approximate surface area is 146 Å². The maximum absolute atomic E-state index is 6.28. The summed E-state index contributed by atoms with van der Waals surface area (Å²) in [4.78, 5) is 0. The summed E-state index contributed by atoms with van der Waals surface area (Å²) in [7, 11) is 0. The minimum absolute atomic E-state index is 0.438. The molecule has 0 aromatic heterocycles. The fourth-order valence-corrected chi connectivity index (χ4v) is 2.51. The average molecular weight is 340 g/mol. The van der Waals surface area contributed by atoms with Crippen LogP contribution in [0.15, 0.2) is 60.7 Å². The lowest BCUT2D eigenvalue weighted by molar-refractivity contribution is 0.458. The monoisotopic (exact) mass is 339 g/mol. The Kier molecular flexibility index (Phi) is 4.63. The molecule has 0 atom stereocenters. The number of ether oxygens (including phenoxy) is 2. The number of para-hydroxylation sites is 2. The van der Waals surface area contributed by atoms with Crippen LogP contribution in [0.5, 0.6) is 23.0 Å². The van der Waals surface area contributed by atoms with Crippen molar-refractivity contribution < 1.29 is 9.47 Å². The lowest BCUT2D eigenvalue weighted by Gasteiger charge is -2.15. The van der Waals surface area contributed by atoms with Gasteiger partial charge in [0.25, 0.3) is 0 Å². The molecule has 2 N–H and O–H groups in total. The maximum Gasteiger partial charge on any atom is 0.154 e. The molecule has 0 saturated heterocycles. The quantitative estimate of drug-likeness (QED) is 0.582. The molecule has 0 saturated carbocycles. The van der Waals surface area contributed by atoms with Crippen LogP contribution in [0.1, 0.15) is 11.1 Å². The van der Waals surface area contributed by atoms with E-state index in [0.29, 0.717) is 22.2 Å². The summed E-state index contributed by atoms with van der Waals surface area (Å²) in [6, 6.07) is 18.9. The van der Waals surface area contributed by atoms with Gasteiger partial charge in [-0.1, -0.05) is 48.0 Å². The summed E-state index contributed by atoms with van der Waals surface area (Å²) in [5.74, 6) is 2.50. The lowest BCUT2D eigenvalue weighted by Crippen LogP contribution is -1.96. The minimum Gasteiger partial charge on any atom is -0.455 e. The molecule has 3 nitrogen and oxygen atoms in total. The molecule has 0 heterocycles. The number of aryl methyl sites for hydroxylation is 2. The predicted molar refractivity (Wildman–Crippen MR) is 98.4 cm³/mol. The van der Waals surface area contributed by atoms with Crippen LogP contribution in [0.3, 0.4) is 0 Å². The maximum atomic E-state index is 6.28. The van der Waals surface area contributed by atoms with Crippen molar-refractivity contribution >= 4 is 17.3 Å². The average Bonchev–Trinajstić information content (AvgIpc) is 2.56. The topological polar surface area (TPSA) is 44.5 Å². The van der Waals surface area contributed by atoms with Crippen LogP contribution in [0.2, 0.25) is 5.02 Å². The van der Waals surface area contributed by atoms with Crippen LogP contribution in [0.4, 0.5) is 5.69 Å². The van der Waals surface area contributed by atoms with Crippen LogP contribution >= 0.6 is 11.6 Å². The minimum atomic E-state index is 0.438. The third-order valence-corrected chi connectivity index (χ3v) is 3.99. The molecule has 0 amide bonds. The number of benzene rings is 3. The highest BCUT2D eigenvalue weighted by molar-refractivity contribution is 6.32. The Morgan fingerprint density at radius 3 is 1.75 bits per heavy atom. The van der Waals surface area contributed by atoms with Crippen molar-refractivity contribution in [1.82, 2.24) is 0 Å². The molecule has 0 aliphatic carbocycles. The summed E-state index contributed by atoms with van der Waals surface area (Å²) < 4.78 is 11.9. The van der Waals surface area contributed by atoms with Gasteiger partial charge in [-0.25, -0.2) is 0 Å². The Morgan fingerprint density at radius 2 is 1.21 bits per heavy atom. The normalized spacial score (nSPS) is 10.5. The highest BCUT2D eigenvalue weighted by atomic mass is 35.5. The standard InChI is InChI=1S/C20H18ClNO2/c1-13-7-3-5-9-17(13)23-19-12-20(16(22)11-15(19)21)24-18-10-6-4-8-14(18)2/h3-12H,22H2,1-2H3. The molecule has 0 bridgehead atoms. The number of hydrogen-bond acceptors (Lipinski definition) is 3. The molecule has 0 aliphatic heterocycles. The highest BCUT2D eigenvalue weighted by Crippen LogP contribution is 2.39. The summed E-state index contributed by atoms with van der Waals surface area (Å²) in [6.07, 6.45) is 0. The first kappa shape index (κ1) is 16.2. The molecule has 122 valence electrons. The van der Waals surface area contributed by atoms with E-state index >= 15 is 0 Å². The second kappa shape index (κ2) is 6.85. The van der Waals surface area contributed by atoms with E-state index < -0.39 is 0 Å². The van der Waals surface area contributed by atoms with Gasteiger partial charge in [0.2, 0.25) is 0 Å². The first-order valence-corrected chi connectivity index (χ1v) is 7.98. The van der Waals surface area contributed by atoms with Gasteiger partial charge in [0.15, 0.2) is 5.75 Å². The fourth-order valence-electron chi connectivity index (χ4n) is 2.30. The first-order chi connectivity index (χ1) is 11.5. The molecule has 0 spiro atoms. The molecule has 0 radical (unpaired) electrons. The van der Waals surface area contributed by atoms with E-state index in [1.807, 2.05) is 62.4 Å². The predicted octanol–water partition coefficient (Wildman–Crippen LogP) is 6.12. The van der Waals surface area contributed by atoms with Gasteiger partial charge in [0.05, 0.1) is 10.7 Å². The largest absolute Gasteiger partial charge is 0.455 e. The van der Waals surface area contributed by atoms with E-state index in [9.17, 15) is 0 Å². The Balaban J connectivity index is 1.94. The van der Waals surface area contributed by atoms with Crippen LogP contribution < -0.4 is 15.2 Å². The summed E-state index contributed by atoms with van der Waals surface area (Å²) in [6.45, 7) is 3.96. The zero-order valence-electron chi connectivity index (χ0n) is 13.5. The van der Waals surface area contributed by atoms with E-state index in [1.165, 1.54) is 0 Å². The molecule has 0 aliphatic rings. The van der Waals surface area contributed by atoms with Crippen LogP contribution in [-0.2, 0) is 0 Å². The number of nitrogens with two attached hydrogens (primary N) is 1. The Bertz CT molecular complexity index is 809. The Morgan fingerprint density at radius 1 is 0.708 bits per heavy atom. The van der Waals surface area contributed by atoms with Crippen molar-refractivity contribution in [3.63, 3.8) is 0 Å². The van der Waals surface area contributed by atoms with Crippen molar-refractivity contribution in [3.05, 3.63) is 76.8 Å². The smallest absolute Gasteiger partial charge is 0.154 e. The van der Waals surface area contributed by atoms with Gasteiger partial charge >= 0.3 is 0 Å². The van der Waals surface area contributed by atoms with E-state index in [-0.39, 0.29) is 0 Å². The van der Waals surface area contributed by atoms with Crippen molar-refractivity contribution in [2.45, 2.75) is 13.8 Å². The second-order valence-electron chi connectivity index (χ2n) is 5.56. The van der Waals surface area contributed by atoms with Crippen molar-refractivity contribution in [2.24, 2.45) is 0 Å². The summed E-state index contributed by atoms with van der Waals surface area (Å²) in [5, 5.41) is 0.438. The van der Waals surface area contributed by atoms with Gasteiger partial charge in [-0.2, -0.15) is 0 Å². The number of nitrogen functional groups attached to an aromatic ring is 1.